The second kappa shape index (κ2) is 5.01. The number of hydrogen-bond acceptors (Lipinski definition) is 4. The van der Waals surface area contributed by atoms with Gasteiger partial charge in [-0.2, -0.15) is 0 Å². The predicted molar refractivity (Wildman–Crippen MR) is 72.3 cm³/mol. The fourth-order valence-corrected chi connectivity index (χ4v) is 2.28. The van der Waals surface area contributed by atoms with Crippen molar-refractivity contribution in [3.8, 4) is 0 Å². The molecule has 6 heteroatoms. The number of aromatic nitrogens is 4. The van der Waals surface area contributed by atoms with Crippen molar-refractivity contribution in [2.24, 2.45) is 0 Å². The van der Waals surface area contributed by atoms with Crippen LogP contribution < -0.4 is 0 Å². The third kappa shape index (κ3) is 2.21. The normalized spacial score (nSPS) is 11.3. The zero-order valence-corrected chi connectivity index (χ0v) is 11.3. The summed E-state index contributed by atoms with van der Waals surface area (Å²) in [7, 11) is 0. The summed E-state index contributed by atoms with van der Waals surface area (Å²) >= 11 is 5.85. The quantitative estimate of drug-likeness (QED) is 0.687. The maximum atomic E-state index is 5.85. The molecule has 0 radical (unpaired) electrons. The van der Waals surface area contributed by atoms with E-state index in [1.165, 1.54) is 0 Å². The molecule has 0 saturated heterocycles. The van der Waals surface area contributed by atoms with Crippen molar-refractivity contribution < 1.29 is 4.52 Å². The van der Waals surface area contributed by atoms with Crippen LogP contribution in [0.15, 0.2) is 29.1 Å². The first-order valence-corrected chi connectivity index (χ1v) is 6.59. The van der Waals surface area contributed by atoms with E-state index in [0.717, 1.165) is 28.2 Å². The van der Waals surface area contributed by atoms with E-state index in [9.17, 15) is 0 Å². The Morgan fingerprint density at radius 3 is 3.00 bits per heavy atom. The molecule has 0 aliphatic heterocycles. The van der Waals surface area contributed by atoms with Crippen molar-refractivity contribution in [2.45, 2.75) is 19.9 Å². The lowest BCUT2D eigenvalue weighted by molar-refractivity contribution is 0.409. The number of alkyl halides is 1. The summed E-state index contributed by atoms with van der Waals surface area (Å²) in [6, 6.07) is 3.80. The third-order valence-corrected chi connectivity index (χ3v) is 3.23. The van der Waals surface area contributed by atoms with Gasteiger partial charge in [-0.15, -0.1) is 11.6 Å². The first-order chi connectivity index (χ1) is 9.29. The van der Waals surface area contributed by atoms with Crippen molar-refractivity contribution in [2.75, 3.05) is 5.88 Å². The Hall–Kier alpha value is -1.88. The topological polar surface area (TPSA) is 56.7 Å². The maximum Gasteiger partial charge on any atom is 0.160 e. The number of fused-ring (bicyclic) bond motifs is 1. The van der Waals surface area contributed by atoms with Gasteiger partial charge >= 0.3 is 0 Å². The molecular formula is C13H13ClN4O. The minimum Gasteiger partial charge on any atom is -0.364 e. The number of rotatable bonds is 4. The van der Waals surface area contributed by atoms with E-state index in [4.69, 9.17) is 16.1 Å². The van der Waals surface area contributed by atoms with Crippen molar-refractivity contribution in [1.29, 1.82) is 0 Å². The van der Waals surface area contributed by atoms with Crippen LogP contribution in [0.3, 0.4) is 0 Å². The molecule has 3 rings (SSSR count). The van der Waals surface area contributed by atoms with Gasteiger partial charge in [0.1, 0.15) is 23.3 Å². The van der Waals surface area contributed by atoms with Crippen LogP contribution in [-0.2, 0) is 13.0 Å². The number of aryl methyl sites for hydroxylation is 2. The zero-order chi connectivity index (χ0) is 13.2. The monoisotopic (exact) mass is 276 g/mol. The molecule has 0 unspecified atom stereocenters. The van der Waals surface area contributed by atoms with Crippen LogP contribution in [0.5, 0.6) is 0 Å². The molecule has 0 amide bonds. The SMILES string of the molecule is Cc1ccnc2c1nc(CCCl)n2Cc1ccon1. The standard InChI is InChI=1S/C13H13ClN4O/c1-9-3-6-15-13-12(9)16-11(2-5-14)18(13)8-10-4-7-19-17-10/h3-4,6-7H,2,5,8H2,1H3. The summed E-state index contributed by atoms with van der Waals surface area (Å²) < 4.78 is 6.91. The highest BCUT2D eigenvalue weighted by Gasteiger charge is 2.14. The summed E-state index contributed by atoms with van der Waals surface area (Å²) in [5.74, 6) is 1.45. The second-order valence-electron chi connectivity index (χ2n) is 4.34. The van der Waals surface area contributed by atoms with Crippen LogP contribution in [0.25, 0.3) is 11.2 Å². The van der Waals surface area contributed by atoms with E-state index < -0.39 is 0 Å². The third-order valence-electron chi connectivity index (χ3n) is 3.04. The van der Waals surface area contributed by atoms with E-state index in [1.807, 2.05) is 23.6 Å². The molecule has 0 atom stereocenters. The average molecular weight is 277 g/mol. The molecule has 3 heterocycles. The number of hydrogen-bond donors (Lipinski definition) is 0. The molecule has 98 valence electrons. The Kier molecular flexibility index (Phi) is 3.21. The molecule has 19 heavy (non-hydrogen) atoms. The highest BCUT2D eigenvalue weighted by molar-refractivity contribution is 6.17. The Balaban J connectivity index is 2.13. The van der Waals surface area contributed by atoms with Gasteiger partial charge in [0.05, 0.1) is 6.54 Å². The van der Waals surface area contributed by atoms with Crippen molar-refractivity contribution in [3.63, 3.8) is 0 Å². The van der Waals surface area contributed by atoms with Crippen LogP contribution in [0.2, 0.25) is 0 Å². The molecule has 0 saturated carbocycles. The van der Waals surface area contributed by atoms with Gasteiger partial charge in [0.15, 0.2) is 5.65 Å². The Morgan fingerprint density at radius 2 is 2.26 bits per heavy atom. The Labute approximate surface area is 115 Å². The number of pyridine rings is 1. The van der Waals surface area contributed by atoms with Gasteiger partial charge in [-0.3, -0.25) is 0 Å². The molecule has 0 aliphatic carbocycles. The predicted octanol–water partition coefficient (Wildman–Crippen LogP) is 2.56. The second-order valence-corrected chi connectivity index (χ2v) is 4.72. The number of nitrogens with zero attached hydrogens (tertiary/aromatic N) is 4. The fourth-order valence-electron chi connectivity index (χ4n) is 2.11. The van der Waals surface area contributed by atoms with Gasteiger partial charge in [-0.05, 0) is 18.6 Å². The molecule has 0 bridgehead atoms. The lowest BCUT2D eigenvalue weighted by Gasteiger charge is -2.05. The van der Waals surface area contributed by atoms with E-state index in [1.54, 1.807) is 12.5 Å². The number of imidazole rings is 1. The first-order valence-electron chi connectivity index (χ1n) is 6.05. The van der Waals surface area contributed by atoms with Gasteiger partial charge in [0, 0.05) is 24.6 Å². The van der Waals surface area contributed by atoms with Crippen LogP contribution in [0.4, 0.5) is 0 Å². The van der Waals surface area contributed by atoms with Gasteiger partial charge in [-0.25, -0.2) is 9.97 Å². The summed E-state index contributed by atoms with van der Waals surface area (Å²) in [5, 5.41) is 3.94. The van der Waals surface area contributed by atoms with Crippen molar-refractivity contribution in [3.05, 3.63) is 41.7 Å². The lowest BCUT2D eigenvalue weighted by Crippen LogP contribution is -2.06. The molecule has 0 fully saturated rings. The summed E-state index contributed by atoms with van der Waals surface area (Å²) in [6.45, 7) is 2.62. The number of halogens is 1. The highest BCUT2D eigenvalue weighted by Crippen LogP contribution is 2.19. The molecule has 0 aromatic carbocycles. The first kappa shape index (κ1) is 12.2. The summed E-state index contributed by atoms with van der Waals surface area (Å²) in [6.07, 6.45) is 4.06. The average Bonchev–Trinajstić information content (AvgIpc) is 3.01. The summed E-state index contributed by atoms with van der Waals surface area (Å²) in [5.41, 5.74) is 3.74. The fraction of sp³-hybridized carbons (Fsp3) is 0.308. The maximum absolute atomic E-state index is 5.85. The minimum atomic E-state index is 0.529. The largest absolute Gasteiger partial charge is 0.364 e. The zero-order valence-electron chi connectivity index (χ0n) is 10.5. The van der Waals surface area contributed by atoms with Gasteiger partial charge in [0.2, 0.25) is 0 Å². The highest BCUT2D eigenvalue weighted by atomic mass is 35.5. The lowest BCUT2D eigenvalue weighted by atomic mass is 10.3. The van der Waals surface area contributed by atoms with Crippen LogP contribution in [0.1, 0.15) is 17.1 Å². The van der Waals surface area contributed by atoms with Gasteiger partial charge in [0.25, 0.3) is 0 Å². The molecule has 0 spiro atoms. The Bertz CT molecular complexity index is 690. The molecule has 3 aromatic rings. The van der Waals surface area contributed by atoms with Crippen molar-refractivity contribution in [1.82, 2.24) is 19.7 Å². The van der Waals surface area contributed by atoms with Gasteiger partial charge in [-0.1, -0.05) is 5.16 Å². The van der Waals surface area contributed by atoms with E-state index in [0.29, 0.717) is 18.8 Å². The molecule has 5 nitrogen and oxygen atoms in total. The van der Waals surface area contributed by atoms with E-state index in [2.05, 4.69) is 15.1 Å². The molecule has 0 aliphatic rings. The van der Waals surface area contributed by atoms with Gasteiger partial charge < -0.3 is 9.09 Å². The minimum absolute atomic E-state index is 0.529. The van der Waals surface area contributed by atoms with Crippen LogP contribution >= 0.6 is 11.6 Å². The molecule has 0 N–H and O–H groups in total. The Morgan fingerprint density at radius 1 is 1.37 bits per heavy atom. The summed E-state index contributed by atoms with van der Waals surface area (Å²) in [4.78, 5) is 9.06. The van der Waals surface area contributed by atoms with Crippen LogP contribution in [0, 0.1) is 6.92 Å². The van der Waals surface area contributed by atoms with E-state index in [-0.39, 0.29) is 0 Å². The molecular weight excluding hydrogens is 264 g/mol. The smallest absolute Gasteiger partial charge is 0.160 e. The van der Waals surface area contributed by atoms with Crippen LogP contribution in [-0.4, -0.2) is 25.6 Å². The molecule has 3 aromatic heterocycles. The van der Waals surface area contributed by atoms with E-state index >= 15 is 0 Å². The van der Waals surface area contributed by atoms with Crippen molar-refractivity contribution >= 4 is 22.8 Å².